The molecule has 0 saturated carbocycles. The first-order chi connectivity index (χ1) is 10.0. The van der Waals surface area contributed by atoms with E-state index in [1.54, 1.807) is 25.3 Å². The molecule has 2 N–H and O–H groups in total. The van der Waals surface area contributed by atoms with Gasteiger partial charge in [0.25, 0.3) is 0 Å². The number of rotatable bonds is 6. The topological polar surface area (TPSA) is 67.4 Å². The number of hydrogen-bond donors (Lipinski definition) is 2. The van der Waals surface area contributed by atoms with E-state index in [1.165, 1.54) is 12.8 Å². The Bertz CT molecular complexity index is 577. The summed E-state index contributed by atoms with van der Waals surface area (Å²) in [5.74, 6) is 1.18. The molecule has 1 aromatic rings. The predicted molar refractivity (Wildman–Crippen MR) is 93.3 cm³/mol. The highest BCUT2D eigenvalue weighted by Crippen LogP contribution is 2.26. The van der Waals surface area contributed by atoms with Crippen LogP contribution in [0, 0.1) is 5.92 Å². The number of ether oxygens (including phenoxy) is 1. The van der Waals surface area contributed by atoms with Gasteiger partial charge in [-0.15, -0.1) is 12.4 Å². The van der Waals surface area contributed by atoms with Gasteiger partial charge in [0.1, 0.15) is 5.75 Å². The van der Waals surface area contributed by atoms with E-state index in [-0.39, 0.29) is 17.3 Å². The molecule has 2 rings (SSSR count). The fourth-order valence-corrected chi connectivity index (χ4v) is 4.57. The summed E-state index contributed by atoms with van der Waals surface area (Å²) >= 11 is 3.28. The third kappa shape index (κ3) is 5.38. The number of nitrogens with one attached hydrogen (secondary N) is 2. The molecular formula is C14H22BrClN2O3S. The van der Waals surface area contributed by atoms with Gasteiger partial charge in [0.05, 0.1) is 12.0 Å². The number of piperidine rings is 1. The molecule has 0 bridgehead atoms. The van der Waals surface area contributed by atoms with Gasteiger partial charge >= 0.3 is 0 Å². The Morgan fingerprint density at radius 1 is 1.45 bits per heavy atom. The highest BCUT2D eigenvalue weighted by molar-refractivity contribution is 9.10. The minimum atomic E-state index is -3.49. The van der Waals surface area contributed by atoms with Gasteiger partial charge in [-0.3, -0.25) is 0 Å². The molecule has 1 aromatic carbocycles. The molecule has 22 heavy (non-hydrogen) atoms. The average Bonchev–Trinajstić information content (AvgIpc) is 2.47. The van der Waals surface area contributed by atoms with Crippen LogP contribution in [-0.4, -0.2) is 35.2 Å². The predicted octanol–water partition coefficient (Wildman–Crippen LogP) is 2.55. The fourth-order valence-electron chi connectivity index (χ4n) is 2.47. The third-order valence-electron chi connectivity index (χ3n) is 3.67. The Kier molecular flexibility index (Phi) is 8.13. The second-order valence-corrected chi connectivity index (χ2v) is 7.78. The second-order valence-electron chi connectivity index (χ2n) is 5.20. The summed E-state index contributed by atoms with van der Waals surface area (Å²) in [6, 6.07) is 4.84. The summed E-state index contributed by atoms with van der Waals surface area (Å²) in [6.45, 7) is 2.52. The highest BCUT2D eigenvalue weighted by Gasteiger charge is 2.19. The third-order valence-corrected chi connectivity index (χ3v) is 6.11. The number of halogens is 2. The Hall–Kier alpha value is -0.340. The van der Waals surface area contributed by atoms with Crippen molar-refractivity contribution in [2.45, 2.75) is 24.2 Å². The van der Waals surface area contributed by atoms with E-state index < -0.39 is 10.0 Å². The van der Waals surface area contributed by atoms with Crippen molar-refractivity contribution in [2.75, 3.05) is 26.7 Å². The lowest BCUT2D eigenvalue weighted by atomic mass is 9.96. The molecule has 0 aliphatic carbocycles. The molecule has 8 heteroatoms. The van der Waals surface area contributed by atoms with E-state index >= 15 is 0 Å². The van der Waals surface area contributed by atoms with Crippen molar-refractivity contribution in [2.24, 2.45) is 5.92 Å². The van der Waals surface area contributed by atoms with E-state index in [2.05, 4.69) is 26.0 Å². The summed E-state index contributed by atoms with van der Waals surface area (Å²) in [7, 11) is -1.94. The van der Waals surface area contributed by atoms with Crippen molar-refractivity contribution < 1.29 is 13.2 Å². The van der Waals surface area contributed by atoms with E-state index in [0.717, 1.165) is 19.5 Å². The summed E-state index contributed by atoms with van der Waals surface area (Å²) in [5, 5.41) is 3.34. The zero-order valence-corrected chi connectivity index (χ0v) is 15.7. The summed E-state index contributed by atoms with van der Waals surface area (Å²) < 4.78 is 32.8. The van der Waals surface area contributed by atoms with E-state index in [0.29, 0.717) is 22.7 Å². The SMILES string of the molecule is COc1ccc(S(=O)(=O)NCCC2CCCNC2)c(Br)c1.Cl. The van der Waals surface area contributed by atoms with Gasteiger partial charge in [-0.1, -0.05) is 0 Å². The Morgan fingerprint density at radius 2 is 2.23 bits per heavy atom. The van der Waals surface area contributed by atoms with Crippen LogP contribution in [0.15, 0.2) is 27.6 Å². The number of benzene rings is 1. The molecule has 0 aromatic heterocycles. The minimum absolute atomic E-state index is 0. The molecular weight excluding hydrogens is 392 g/mol. The normalized spacial score (nSPS) is 18.5. The smallest absolute Gasteiger partial charge is 0.241 e. The number of methoxy groups -OCH3 is 1. The quantitative estimate of drug-likeness (QED) is 0.752. The lowest BCUT2D eigenvalue weighted by Gasteiger charge is -2.22. The van der Waals surface area contributed by atoms with Gasteiger partial charge in [0, 0.05) is 11.0 Å². The Balaban J connectivity index is 0.00000242. The van der Waals surface area contributed by atoms with Crippen molar-refractivity contribution in [3.63, 3.8) is 0 Å². The molecule has 5 nitrogen and oxygen atoms in total. The molecule has 1 atom stereocenters. The summed E-state index contributed by atoms with van der Waals surface area (Å²) in [6.07, 6.45) is 3.20. The maximum atomic E-state index is 12.3. The monoisotopic (exact) mass is 412 g/mol. The number of sulfonamides is 1. The average molecular weight is 414 g/mol. The first-order valence-corrected chi connectivity index (χ1v) is 9.34. The first kappa shape index (κ1) is 19.7. The number of hydrogen-bond acceptors (Lipinski definition) is 4. The second kappa shape index (κ2) is 9.08. The van der Waals surface area contributed by atoms with E-state index in [9.17, 15) is 8.42 Å². The lowest BCUT2D eigenvalue weighted by Crippen LogP contribution is -2.33. The van der Waals surface area contributed by atoms with Gasteiger partial charge in [0.15, 0.2) is 0 Å². The van der Waals surface area contributed by atoms with Gasteiger partial charge < -0.3 is 10.1 Å². The summed E-state index contributed by atoms with van der Waals surface area (Å²) in [4.78, 5) is 0.241. The van der Waals surface area contributed by atoms with Crippen LogP contribution in [0.1, 0.15) is 19.3 Å². The van der Waals surface area contributed by atoms with Crippen molar-refractivity contribution >= 4 is 38.4 Å². The van der Waals surface area contributed by atoms with E-state index in [1.807, 2.05) is 0 Å². The highest BCUT2D eigenvalue weighted by atomic mass is 79.9. The van der Waals surface area contributed by atoms with Crippen LogP contribution in [0.4, 0.5) is 0 Å². The van der Waals surface area contributed by atoms with Crippen LogP contribution in [0.5, 0.6) is 5.75 Å². The van der Waals surface area contributed by atoms with Crippen molar-refractivity contribution in [3.8, 4) is 5.75 Å². The molecule has 126 valence electrons. The van der Waals surface area contributed by atoms with Crippen molar-refractivity contribution in [1.82, 2.24) is 10.0 Å². The van der Waals surface area contributed by atoms with Crippen LogP contribution in [0.3, 0.4) is 0 Å². The molecule has 1 aliphatic rings. The largest absolute Gasteiger partial charge is 0.497 e. The molecule has 1 fully saturated rings. The zero-order chi connectivity index (χ0) is 15.3. The van der Waals surface area contributed by atoms with Crippen molar-refractivity contribution in [3.05, 3.63) is 22.7 Å². The van der Waals surface area contributed by atoms with Crippen molar-refractivity contribution in [1.29, 1.82) is 0 Å². The van der Waals surface area contributed by atoms with Gasteiger partial charge in [-0.05, 0) is 72.4 Å². The summed E-state index contributed by atoms with van der Waals surface area (Å²) in [5.41, 5.74) is 0. The van der Waals surface area contributed by atoms with Crippen LogP contribution in [0.2, 0.25) is 0 Å². The molecule has 1 unspecified atom stereocenters. The van der Waals surface area contributed by atoms with Crippen LogP contribution in [0.25, 0.3) is 0 Å². The van der Waals surface area contributed by atoms with Gasteiger partial charge in [-0.25, -0.2) is 13.1 Å². The zero-order valence-electron chi connectivity index (χ0n) is 12.5. The Morgan fingerprint density at radius 3 is 2.82 bits per heavy atom. The molecule has 1 aliphatic heterocycles. The van der Waals surface area contributed by atoms with Gasteiger partial charge in [-0.2, -0.15) is 0 Å². The van der Waals surface area contributed by atoms with E-state index in [4.69, 9.17) is 4.74 Å². The molecule has 1 saturated heterocycles. The molecule has 0 radical (unpaired) electrons. The molecule has 0 amide bonds. The maximum absolute atomic E-state index is 12.3. The lowest BCUT2D eigenvalue weighted by molar-refractivity contribution is 0.358. The Labute approximate surface area is 146 Å². The maximum Gasteiger partial charge on any atom is 0.241 e. The standard InChI is InChI=1S/C14H21BrN2O3S.ClH/c1-20-12-4-5-14(13(15)9-12)21(18,19)17-8-6-11-3-2-7-16-10-11;/h4-5,9,11,16-17H,2-3,6-8,10H2,1H3;1H. The molecule has 0 spiro atoms. The van der Waals surface area contributed by atoms with Crippen LogP contribution in [-0.2, 0) is 10.0 Å². The minimum Gasteiger partial charge on any atom is -0.497 e. The molecule has 1 heterocycles. The van der Waals surface area contributed by atoms with Crippen LogP contribution >= 0.6 is 28.3 Å². The van der Waals surface area contributed by atoms with Crippen LogP contribution < -0.4 is 14.8 Å². The fraction of sp³-hybridized carbons (Fsp3) is 0.571. The first-order valence-electron chi connectivity index (χ1n) is 7.07. The van der Waals surface area contributed by atoms with Gasteiger partial charge in [0.2, 0.25) is 10.0 Å².